The highest BCUT2D eigenvalue weighted by atomic mass is 32.2. The van der Waals surface area contributed by atoms with Gasteiger partial charge < -0.3 is 9.15 Å². The molecule has 0 saturated heterocycles. The minimum absolute atomic E-state index is 0.00884. The van der Waals surface area contributed by atoms with Crippen LogP contribution in [0.2, 0.25) is 0 Å². The van der Waals surface area contributed by atoms with Gasteiger partial charge in [0.2, 0.25) is 5.89 Å². The highest BCUT2D eigenvalue weighted by molar-refractivity contribution is 7.92. The van der Waals surface area contributed by atoms with E-state index in [-0.39, 0.29) is 28.8 Å². The third kappa shape index (κ3) is 5.01. The van der Waals surface area contributed by atoms with Crippen molar-refractivity contribution >= 4 is 21.7 Å². The number of ether oxygens (including phenoxy) is 1. The molecule has 0 amide bonds. The van der Waals surface area contributed by atoms with Gasteiger partial charge in [0.25, 0.3) is 10.0 Å². The lowest BCUT2D eigenvalue weighted by atomic mass is 10.2. The van der Waals surface area contributed by atoms with Crippen molar-refractivity contribution in [3.8, 4) is 11.3 Å². The Kier molecular flexibility index (Phi) is 6.00. The second-order valence-corrected chi connectivity index (χ2v) is 8.38. The lowest BCUT2D eigenvalue weighted by molar-refractivity contribution is 0.0439. The van der Waals surface area contributed by atoms with Crippen molar-refractivity contribution in [3.05, 3.63) is 102 Å². The van der Waals surface area contributed by atoms with Gasteiger partial charge in [0.15, 0.2) is 12.4 Å². The third-order valence-electron chi connectivity index (χ3n) is 4.44. The minimum atomic E-state index is -3.79. The minimum Gasteiger partial charge on any atom is -0.452 e. The third-order valence-corrected chi connectivity index (χ3v) is 5.83. The number of hydrogen-bond donors (Lipinski definition) is 1. The van der Waals surface area contributed by atoms with Crippen molar-refractivity contribution in [2.45, 2.75) is 11.5 Å². The second-order valence-electron chi connectivity index (χ2n) is 6.70. The van der Waals surface area contributed by atoms with Crippen molar-refractivity contribution in [3.63, 3.8) is 0 Å². The first-order valence-corrected chi connectivity index (χ1v) is 10.9. The Morgan fingerprint density at radius 2 is 1.66 bits per heavy atom. The highest BCUT2D eigenvalue weighted by Gasteiger charge is 2.16. The first-order chi connectivity index (χ1) is 15.4. The summed E-state index contributed by atoms with van der Waals surface area (Å²) in [6.07, 6.45) is 1.45. The monoisotopic (exact) mass is 452 g/mol. The topological polar surface area (TPSA) is 98.5 Å². The average Bonchev–Trinajstić information content (AvgIpc) is 3.27. The van der Waals surface area contributed by atoms with Crippen LogP contribution in [-0.2, 0) is 21.4 Å². The van der Waals surface area contributed by atoms with Gasteiger partial charge in [0, 0.05) is 11.3 Å². The zero-order valence-corrected chi connectivity index (χ0v) is 17.4. The number of rotatable bonds is 7. The van der Waals surface area contributed by atoms with E-state index in [9.17, 15) is 17.6 Å². The van der Waals surface area contributed by atoms with Crippen LogP contribution < -0.4 is 4.72 Å². The van der Waals surface area contributed by atoms with Crippen LogP contribution in [0.5, 0.6) is 0 Å². The quantitative estimate of drug-likeness (QED) is 0.410. The number of para-hydroxylation sites is 1. The summed E-state index contributed by atoms with van der Waals surface area (Å²) in [4.78, 5) is 16.3. The van der Waals surface area contributed by atoms with Crippen LogP contribution >= 0.6 is 0 Å². The molecule has 0 aliphatic heterocycles. The van der Waals surface area contributed by atoms with E-state index in [0.29, 0.717) is 17.0 Å². The molecule has 1 aromatic heterocycles. The fourth-order valence-electron chi connectivity index (χ4n) is 2.83. The second kappa shape index (κ2) is 9.03. The molecule has 1 N–H and O–H groups in total. The summed E-state index contributed by atoms with van der Waals surface area (Å²) in [6, 6.07) is 19.5. The maximum Gasteiger partial charge on any atom is 0.338 e. The smallest absolute Gasteiger partial charge is 0.338 e. The predicted octanol–water partition coefficient (Wildman–Crippen LogP) is 4.64. The van der Waals surface area contributed by atoms with Gasteiger partial charge in [-0.3, -0.25) is 4.72 Å². The summed E-state index contributed by atoms with van der Waals surface area (Å²) in [7, 11) is -3.79. The maximum absolute atomic E-state index is 13.0. The molecule has 9 heteroatoms. The Bertz CT molecular complexity index is 1320. The fourth-order valence-corrected chi connectivity index (χ4v) is 3.88. The van der Waals surface area contributed by atoms with Crippen LogP contribution in [0.15, 0.2) is 94.4 Å². The normalized spacial score (nSPS) is 11.2. The van der Waals surface area contributed by atoms with Gasteiger partial charge >= 0.3 is 5.97 Å². The summed E-state index contributed by atoms with van der Waals surface area (Å²) in [5.74, 6) is -0.441. The van der Waals surface area contributed by atoms with Crippen LogP contribution in [0.4, 0.5) is 10.1 Å². The Labute approximate surface area is 183 Å². The Balaban J connectivity index is 1.37. The van der Waals surface area contributed by atoms with Gasteiger partial charge in [-0.1, -0.05) is 18.2 Å². The van der Waals surface area contributed by atoms with Gasteiger partial charge in [-0.15, -0.1) is 0 Å². The molecule has 162 valence electrons. The molecule has 0 bridgehead atoms. The maximum atomic E-state index is 13.0. The van der Waals surface area contributed by atoms with Crippen LogP contribution in [0, 0.1) is 5.82 Å². The first kappa shape index (κ1) is 21.3. The predicted molar refractivity (Wildman–Crippen MR) is 115 cm³/mol. The molecule has 0 fully saturated rings. The average molecular weight is 452 g/mol. The molecule has 3 aromatic carbocycles. The van der Waals surface area contributed by atoms with E-state index in [2.05, 4.69) is 9.71 Å². The number of hydrogen-bond acceptors (Lipinski definition) is 6. The number of benzene rings is 3. The van der Waals surface area contributed by atoms with Crippen molar-refractivity contribution < 1.29 is 26.8 Å². The highest BCUT2D eigenvalue weighted by Crippen LogP contribution is 2.21. The Morgan fingerprint density at radius 1 is 0.969 bits per heavy atom. The van der Waals surface area contributed by atoms with E-state index in [1.165, 1.54) is 42.6 Å². The first-order valence-electron chi connectivity index (χ1n) is 9.46. The van der Waals surface area contributed by atoms with E-state index in [1.54, 1.807) is 42.5 Å². The number of carbonyl (C=O) groups excluding carboxylic acids is 1. The van der Waals surface area contributed by atoms with Crippen molar-refractivity contribution in [1.29, 1.82) is 0 Å². The summed E-state index contributed by atoms with van der Waals surface area (Å²) in [5.41, 5.74) is 1.24. The number of sulfonamides is 1. The molecular weight excluding hydrogens is 435 g/mol. The molecule has 4 rings (SSSR count). The molecule has 0 atom stereocenters. The number of carbonyl (C=O) groups is 1. The summed E-state index contributed by atoms with van der Waals surface area (Å²) < 4.78 is 51.1. The molecule has 0 saturated carbocycles. The Hall–Kier alpha value is -3.98. The van der Waals surface area contributed by atoms with Crippen LogP contribution in [0.25, 0.3) is 11.3 Å². The van der Waals surface area contributed by atoms with Gasteiger partial charge in [0.05, 0.1) is 16.7 Å². The van der Waals surface area contributed by atoms with Crippen LogP contribution in [0.3, 0.4) is 0 Å². The van der Waals surface area contributed by atoms with Gasteiger partial charge in [-0.25, -0.2) is 22.6 Å². The summed E-state index contributed by atoms with van der Waals surface area (Å²) in [6.45, 7) is -0.213. The van der Waals surface area contributed by atoms with Crippen molar-refractivity contribution in [2.24, 2.45) is 0 Å². The number of esters is 1. The van der Waals surface area contributed by atoms with E-state index >= 15 is 0 Å². The summed E-state index contributed by atoms with van der Waals surface area (Å²) in [5, 5.41) is 0. The molecule has 0 radical (unpaired) electrons. The standard InChI is InChI=1S/C23H17FN2O5S/c24-18-10-6-16(7-11-18)21-14-25-22(31-21)15-30-23(27)17-8-12-20(13-9-17)32(28,29)26-19-4-2-1-3-5-19/h1-14,26H,15H2. The molecule has 4 aromatic rings. The van der Waals surface area contributed by atoms with E-state index in [0.717, 1.165) is 0 Å². The lowest BCUT2D eigenvalue weighted by Crippen LogP contribution is -2.13. The van der Waals surface area contributed by atoms with E-state index in [1.807, 2.05) is 0 Å². The molecule has 0 unspecified atom stereocenters. The number of nitrogens with one attached hydrogen (secondary N) is 1. The van der Waals surface area contributed by atoms with Crippen LogP contribution in [-0.4, -0.2) is 19.4 Å². The molecule has 32 heavy (non-hydrogen) atoms. The number of aromatic nitrogens is 1. The lowest BCUT2D eigenvalue weighted by Gasteiger charge is -2.08. The molecule has 1 heterocycles. The molecule has 0 spiro atoms. The van der Waals surface area contributed by atoms with Gasteiger partial charge in [0.1, 0.15) is 5.82 Å². The fraction of sp³-hybridized carbons (Fsp3) is 0.0435. The van der Waals surface area contributed by atoms with Gasteiger partial charge in [-0.05, 0) is 60.7 Å². The number of oxazole rings is 1. The largest absolute Gasteiger partial charge is 0.452 e. The molecular formula is C23H17FN2O5S. The van der Waals surface area contributed by atoms with Crippen molar-refractivity contribution in [1.82, 2.24) is 4.98 Å². The zero-order chi connectivity index (χ0) is 22.6. The van der Waals surface area contributed by atoms with Gasteiger partial charge in [-0.2, -0.15) is 0 Å². The number of anilines is 1. The molecule has 7 nitrogen and oxygen atoms in total. The van der Waals surface area contributed by atoms with E-state index in [4.69, 9.17) is 9.15 Å². The van der Waals surface area contributed by atoms with E-state index < -0.39 is 16.0 Å². The molecule has 0 aliphatic rings. The number of halogens is 1. The number of nitrogens with zero attached hydrogens (tertiary/aromatic N) is 1. The summed E-state index contributed by atoms with van der Waals surface area (Å²) >= 11 is 0. The SMILES string of the molecule is O=C(OCc1ncc(-c2ccc(F)cc2)o1)c1ccc(S(=O)(=O)Nc2ccccc2)cc1. The zero-order valence-electron chi connectivity index (χ0n) is 16.6. The van der Waals surface area contributed by atoms with Crippen molar-refractivity contribution in [2.75, 3.05) is 4.72 Å². The van der Waals surface area contributed by atoms with Crippen LogP contribution in [0.1, 0.15) is 16.2 Å². The Morgan fingerprint density at radius 3 is 2.34 bits per heavy atom. The molecule has 0 aliphatic carbocycles.